The van der Waals surface area contributed by atoms with Crippen molar-refractivity contribution >= 4 is 18.0 Å². The predicted octanol–water partition coefficient (Wildman–Crippen LogP) is 3.70. The number of carbonyl (C=O) groups excluding carboxylic acids is 2. The third kappa shape index (κ3) is 3.37. The molecule has 0 aromatic heterocycles. The van der Waals surface area contributed by atoms with Crippen LogP contribution in [0, 0.1) is 11.7 Å². The van der Waals surface area contributed by atoms with Crippen molar-refractivity contribution < 1.29 is 23.8 Å². The van der Waals surface area contributed by atoms with E-state index in [-0.39, 0.29) is 12.2 Å². The Morgan fingerprint density at radius 1 is 1.27 bits per heavy atom. The Bertz CT molecular complexity index is 1030. The van der Waals surface area contributed by atoms with E-state index in [4.69, 9.17) is 4.74 Å². The maximum absolute atomic E-state index is 13.5. The largest absolute Gasteiger partial charge is 0.465 e. The smallest absolute Gasteiger partial charge is 0.320 e. The second kappa shape index (κ2) is 7.95. The summed E-state index contributed by atoms with van der Waals surface area (Å²) in [5.74, 6) is -2.95. The maximum atomic E-state index is 13.5. The summed E-state index contributed by atoms with van der Waals surface area (Å²) in [7, 11) is 0. The van der Waals surface area contributed by atoms with Crippen molar-refractivity contribution in [3.05, 3.63) is 82.7 Å². The molecule has 2 aromatic rings. The lowest BCUT2D eigenvalue weighted by atomic mass is 9.74. The first kappa shape index (κ1) is 20.2. The van der Waals surface area contributed by atoms with Gasteiger partial charge in [0.1, 0.15) is 11.4 Å². The maximum Gasteiger partial charge on any atom is 0.320 e. The first-order valence-electron chi connectivity index (χ1n) is 9.97. The fourth-order valence-electron chi connectivity index (χ4n) is 4.23. The molecule has 0 bridgehead atoms. The van der Waals surface area contributed by atoms with E-state index in [1.54, 1.807) is 25.3 Å². The molecule has 0 fully saturated rings. The number of Topliss-reactive ketones (excluding diaryl/α,β-unsaturated/α-hetero) is 1. The van der Waals surface area contributed by atoms with Crippen LogP contribution < -0.4 is 0 Å². The molecule has 3 atom stereocenters. The molecular weight excluding hydrogens is 385 g/mol. The summed E-state index contributed by atoms with van der Waals surface area (Å²) in [6.07, 6.45) is 5.78. The topological polar surface area (TPSA) is 76.0 Å². The number of allylic oxidation sites excluding steroid dienone is 1. The molecule has 0 saturated carbocycles. The van der Waals surface area contributed by atoms with Gasteiger partial charge in [-0.3, -0.25) is 14.6 Å². The number of aliphatic hydroxyl groups excluding tert-OH is 1. The fourth-order valence-corrected chi connectivity index (χ4v) is 4.23. The van der Waals surface area contributed by atoms with Crippen LogP contribution in [0.2, 0.25) is 0 Å². The Hall–Kier alpha value is -3.12. The van der Waals surface area contributed by atoms with Crippen LogP contribution in [-0.2, 0) is 21.5 Å². The number of halogens is 1. The van der Waals surface area contributed by atoms with Crippen LogP contribution in [0.4, 0.5) is 4.39 Å². The Morgan fingerprint density at radius 3 is 2.70 bits per heavy atom. The van der Waals surface area contributed by atoms with E-state index in [0.29, 0.717) is 12.0 Å². The van der Waals surface area contributed by atoms with Gasteiger partial charge in [-0.1, -0.05) is 18.2 Å². The average molecular weight is 407 g/mol. The zero-order valence-corrected chi connectivity index (χ0v) is 16.5. The lowest BCUT2D eigenvalue weighted by molar-refractivity contribution is -0.147. The van der Waals surface area contributed by atoms with Crippen LogP contribution in [0.3, 0.4) is 0 Å². The number of fused-ring (bicyclic) bond motifs is 1. The van der Waals surface area contributed by atoms with E-state index in [1.165, 1.54) is 24.3 Å². The number of ether oxygens (including phenoxy) is 1. The van der Waals surface area contributed by atoms with Gasteiger partial charge in [0.25, 0.3) is 0 Å². The molecule has 0 amide bonds. The van der Waals surface area contributed by atoms with Gasteiger partial charge in [-0.05, 0) is 72.9 Å². The number of nitrogens with zero attached hydrogens (tertiary/aromatic N) is 1. The number of hydrogen-bond donors (Lipinski definition) is 1. The molecule has 5 nitrogen and oxygen atoms in total. The van der Waals surface area contributed by atoms with E-state index < -0.39 is 35.1 Å². The molecule has 1 heterocycles. The zero-order chi connectivity index (χ0) is 21.3. The van der Waals surface area contributed by atoms with E-state index in [9.17, 15) is 19.1 Å². The average Bonchev–Trinajstić information content (AvgIpc) is 3.37. The lowest BCUT2D eigenvalue weighted by Gasteiger charge is -2.32. The number of aryl methyl sites for hydroxylation is 1. The second-order valence-electron chi connectivity index (χ2n) is 7.49. The minimum absolute atomic E-state index is 0.110. The standard InChI is InChI=1S/C24H22FNO4/c1-2-30-23(29)21(22(28)16-5-9-18(25)10-6-16)24(12-3-13-26-24)17-8-4-15-7-11-20(27)19(15)14-17/h3-6,8-10,12-14,20-21,27H,2,7,11H2,1H3. The van der Waals surface area contributed by atoms with Crippen LogP contribution in [-0.4, -0.2) is 29.7 Å². The SMILES string of the molecule is CCOC(=O)C(C(=O)c1ccc(F)cc1)C1(c2ccc3c(c2)C(O)CC3)C=CC=N1. The molecule has 4 rings (SSSR count). The fraction of sp³-hybridized carbons (Fsp3) is 0.292. The lowest BCUT2D eigenvalue weighted by Crippen LogP contribution is -2.42. The monoisotopic (exact) mass is 407 g/mol. The van der Waals surface area contributed by atoms with E-state index in [1.807, 2.05) is 18.2 Å². The van der Waals surface area contributed by atoms with Crippen LogP contribution >= 0.6 is 0 Å². The first-order chi connectivity index (χ1) is 14.5. The van der Waals surface area contributed by atoms with Crippen LogP contribution in [0.1, 0.15) is 46.5 Å². The summed E-state index contributed by atoms with van der Waals surface area (Å²) in [6, 6.07) is 10.6. The summed E-state index contributed by atoms with van der Waals surface area (Å²) >= 11 is 0. The molecule has 1 N–H and O–H groups in total. The number of aliphatic imine (C=N–C) groups is 1. The Morgan fingerprint density at radius 2 is 2.03 bits per heavy atom. The van der Waals surface area contributed by atoms with Gasteiger partial charge in [0, 0.05) is 11.8 Å². The van der Waals surface area contributed by atoms with Crippen molar-refractivity contribution in [3.8, 4) is 0 Å². The van der Waals surface area contributed by atoms with Gasteiger partial charge in [0.05, 0.1) is 12.7 Å². The van der Waals surface area contributed by atoms with E-state index in [2.05, 4.69) is 4.99 Å². The summed E-state index contributed by atoms with van der Waals surface area (Å²) in [6.45, 7) is 1.78. The van der Waals surface area contributed by atoms with Gasteiger partial charge < -0.3 is 9.84 Å². The number of esters is 1. The Labute approximate surface area is 173 Å². The van der Waals surface area contributed by atoms with Gasteiger partial charge in [0.15, 0.2) is 11.7 Å². The first-order valence-corrected chi connectivity index (χ1v) is 9.97. The summed E-state index contributed by atoms with van der Waals surface area (Å²) in [4.78, 5) is 31.0. The highest BCUT2D eigenvalue weighted by Gasteiger charge is 2.49. The van der Waals surface area contributed by atoms with Crippen molar-refractivity contribution in [2.24, 2.45) is 10.9 Å². The molecule has 2 aromatic carbocycles. The quantitative estimate of drug-likeness (QED) is 0.450. The van der Waals surface area contributed by atoms with Crippen LogP contribution in [0.25, 0.3) is 0 Å². The third-order valence-electron chi connectivity index (χ3n) is 5.73. The highest BCUT2D eigenvalue weighted by molar-refractivity contribution is 6.10. The molecule has 0 radical (unpaired) electrons. The minimum Gasteiger partial charge on any atom is -0.465 e. The number of aliphatic hydroxyl groups is 1. The molecule has 0 saturated heterocycles. The molecule has 1 aliphatic carbocycles. The van der Waals surface area contributed by atoms with Crippen molar-refractivity contribution in [2.45, 2.75) is 31.4 Å². The number of carbonyl (C=O) groups is 2. The highest BCUT2D eigenvalue weighted by Crippen LogP contribution is 2.43. The zero-order valence-electron chi connectivity index (χ0n) is 16.5. The van der Waals surface area contributed by atoms with Gasteiger partial charge in [0.2, 0.25) is 0 Å². The van der Waals surface area contributed by atoms with Crippen molar-refractivity contribution in [1.82, 2.24) is 0 Å². The molecular formula is C24H22FNO4. The van der Waals surface area contributed by atoms with Crippen LogP contribution in [0.15, 0.2) is 59.6 Å². The number of rotatable bonds is 6. The van der Waals surface area contributed by atoms with Crippen molar-refractivity contribution in [2.75, 3.05) is 6.61 Å². The highest BCUT2D eigenvalue weighted by atomic mass is 19.1. The molecule has 0 spiro atoms. The van der Waals surface area contributed by atoms with Crippen LogP contribution in [0.5, 0.6) is 0 Å². The summed E-state index contributed by atoms with van der Waals surface area (Å²) in [5.41, 5.74) is 1.37. The Balaban J connectivity index is 1.84. The molecule has 30 heavy (non-hydrogen) atoms. The van der Waals surface area contributed by atoms with E-state index >= 15 is 0 Å². The van der Waals surface area contributed by atoms with E-state index in [0.717, 1.165) is 17.5 Å². The summed E-state index contributed by atoms with van der Waals surface area (Å²) in [5, 5.41) is 10.3. The number of ketones is 1. The van der Waals surface area contributed by atoms with Crippen molar-refractivity contribution in [3.63, 3.8) is 0 Å². The third-order valence-corrected chi connectivity index (χ3v) is 5.73. The predicted molar refractivity (Wildman–Crippen MR) is 110 cm³/mol. The second-order valence-corrected chi connectivity index (χ2v) is 7.49. The number of benzene rings is 2. The summed E-state index contributed by atoms with van der Waals surface area (Å²) < 4.78 is 18.6. The minimum atomic E-state index is -1.30. The molecule has 3 unspecified atom stereocenters. The van der Waals surface area contributed by atoms with Gasteiger partial charge >= 0.3 is 5.97 Å². The molecule has 154 valence electrons. The molecule has 2 aliphatic rings. The normalized spacial score (nSPS) is 22.7. The molecule has 1 aliphatic heterocycles. The molecule has 6 heteroatoms. The number of hydrogen-bond acceptors (Lipinski definition) is 5. The van der Waals surface area contributed by atoms with Crippen molar-refractivity contribution in [1.29, 1.82) is 0 Å². The van der Waals surface area contributed by atoms with Gasteiger partial charge in [-0.2, -0.15) is 0 Å². The van der Waals surface area contributed by atoms with Gasteiger partial charge in [-0.15, -0.1) is 0 Å². The Kier molecular flexibility index (Phi) is 5.35. The van der Waals surface area contributed by atoms with Gasteiger partial charge in [-0.25, -0.2) is 4.39 Å².